The highest BCUT2D eigenvalue weighted by Crippen LogP contribution is 2.32. The molecule has 0 bridgehead atoms. The van der Waals surface area contributed by atoms with Gasteiger partial charge in [-0.3, -0.25) is 9.59 Å². The molecule has 8 heteroatoms. The van der Waals surface area contributed by atoms with Gasteiger partial charge in [0.05, 0.1) is 11.8 Å². The number of amides is 2. The van der Waals surface area contributed by atoms with Crippen molar-refractivity contribution in [1.82, 2.24) is 15.3 Å². The number of rotatable bonds is 6. The molecule has 0 saturated carbocycles. The van der Waals surface area contributed by atoms with Crippen LogP contribution in [0.25, 0.3) is 21.1 Å². The van der Waals surface area contributed by atoms with Crippen LogP contribution in [-0.4, -0.2) is 34.9 Å². The van der Waals surface area contributed by atoms with E-state index in [2.05, 4.69) is 20.6 Å². The molecule has 1 atom stereocenters. The Morgan fingerprint density at radius 1 is 1.21 bits per heavy atom. The van der Waals surface area contributed by atoms with Gasteiger partial charge in [-0.1, -0.05) is 35.6 Å². The van der Waals surface area contributed by atoms with Crippen LogP contribution in [0, 0.1) is 0 Å². The third kappa shape index (κ3) is 3.93. The Bertz CT molecular complexity index is 1200. The van der Waals surface area contributed by atoms with Gasteiger partial charge in [0.25, 0.3) is 0 Å². The SMILES string of the molecule is COc1cccc2sc(NC(=O)[C@H](Cc3c[nH]c4ccccc34)NC(C)=O)nc12. The summed E-state index contributed by atoms with van der Waals surface area (Å²) >= 11 is 1.36. The number of nitrogens with one attached hydrogen (secondary N) is 3. The van der Waals surface area contributed by atoms with Crippen molar-refractivity contribution in [2.45, 2.75) is 19.4 Å². The minimum Gasteiger partial charge on any atom is -0.494 e. The number of H-pyrrole nitrogens is 1. The lowest BCUT2D eigenvalue weighted by atomic mass is 10.0. The first-order valence-electron chi connectivity index (χ1n) is 9.11. The minimum atomic E-state index is -0.722. The first kappa shape index (κ1) is 18.9. The Morgan fingerprint density at radius 3 is 2.83 bits per heavy atom. The Hall–Kier alpha value is -3.39. The third-order valence-corrected chi connectivity index (χ3v) is 5.56. The van der Waals surface area contributed by atoms with E-state index in [0.717, 1.165) is 21.2 Å². The van der Waals surface area contributed by atoms with E-state index in [-0.39, 0.29) is 11.8 Å². The first-order valence-corrected chi connectivity index (χ1v) is 9.93. The van der Waals surface area contributed by atoms with E-state index in [1.54, 1.807) is 7.11 Å². The van der Waals surface area contributed by atoms with Gasteiger partial charge in [0.15, 0.2) is 5.13 Å². The van der Waals surface area contributed by atoms with Crippen LogP contribution >= 0.6 is 11.3 Å². The molecule has 148 valence electrons. The molecule has 0 spiro atoms. The molecule has 2 aromatic carbocycles. The highest BCUT2D eigenvalue weighted by molar-refractivity contribution is 7.22. The number of anilines is 1. The van der Waals surface area contributed by atoms with Gasteiger partial charge in [-0.2, -0.15) is 0 Å². The second kappa shape index (κ2) is 7.92. The minimum absolute atomic E-state index is 0.268. The average Bonchev–Trinajstić information content (AvgIpc) is 3.30. The molecule has 3 N–H and O–H groups in total. The summed E-state index contributed by atoms with van der Waals surface area (Å²) in [6.45, 7) is 1.40. The van der Waals surface area contributed by atoms with Crippen LogP contribution in [-0.2, 0) is 16.0 Å². The number of carbonyl (C=O) groups is 2. The predicted molar refractivity (Wildman–Crippen MR) is 114 cm³/mol. The van der Waals surface area contributed by atoms with Gasteiger partial charge in [0.1, 0.15) is 17.3 Å². The molecule has 29 heavy (non-hydrogen) atoms. The number of thiazole rings is 1. The maximum Gasteiger partial charge on any atom is 0.249 e. The van der Waals surface area contributed by atoms with E-state index in [0.29, 0.717) is 22.8 Å². The number of aromatic amines is 1. The van der Waals surface area contributed by atoms with Gasteiger partial charge in [-0.15, -0.1) is 0 Å². The Balaban J connectivity index is 1.58. The summed E-state index contributed by atoms with van der Waals surface area (Å²) in [5.41, 5.74) is 2.64. The quantitative estimate of drug-likeness (QED) is 0.455. The normalized spacial score (nSPS) is 12.1. The lowest BCUT2D eigenvalue weighted by Crippen LogP contribution is -2.44. The number of carbonyl (C=O) groups excluding carboxylic acids is 2. The number of methoxy groups -OCH3 is 1. The van der Waals surface area contributed by atoms with Crippen LogP contribution in [0.15, 0.2) is 48.7 Å². The van der Waals surface area contributed by atoms with Crippen LogP contribution in [0.1, 0.15) is 12.5 Å². The van der Waals surface area contributed by atoms with Crippen molar-refractivity contribution < 1.29 is 14.3 Å². The fraction of sp³-hybridized carbons (Fsp3) is 0.190. The zero-order chi connectivity index (χ0) is 20.4. The van der Waals surface area contributed by atoms with Crippen molar-refractivity contribution in [2.24, 2.45) is 0 Å². The van der Waals surface area contributed by atoms with Crippen molar-refractivity contribution in [1.29, 1.82) is 0 Å². The smallest absolute Gasteiger partial charge is 0.249 e. The zero-order valence-electron chi connectivity index (χ0n) is 16.0. The molecule has 0 fully saturated rings. The van der Waals surface area contributed by atoms with E-state index < -0.39 is 6.04 Å². The van der Waals surface area contributed by atoms with Crippen molar-refractivity contribution in [3.63, 3.8) is 0 Å². The van der Waals surface area contributed by atoms with Crippen LogP contribution in [0.5, 0.6) is 5.75 Å². The number of fused-ring (bicyclic) bond motifs is 2. The van der Waals surface area contributed by atoms with Gasteiger partial charge < -0.3 is 20.4 Å². The largest absolute Gasteiger partial charge is 0.494 e. The fourth-order valence-corrected chi connectivity index (χ4v) is 4.20. The van der Waals surface area contributed by atoms with Crippen molar-refractivity contribution in [2.75, 3.05) is 12.4 Å². The van der Waals surface area contributed by atoms with E-state index in [1.165, 1.54) is 18.3 Å². The maximum atomic E-state index is 12.9. The Morgan fingerprint density at radius 2 is 2.03 bits per heavy atom. The molecule has 0 aliphatic carbocycles. The van der Waals surface area contributed by atoms with Crippen LogP contribution < -0.4 is 15.4 Å². The van der Waals surface area contributed by atoms with E-state index in [4.69, 9.17) is 4.74 Å². The highest BCUT2D eigenvalue weighted by Gasteiger charge is 2.23. The molecule has 4 aromatic rings. The Labute approximate surface area is 171 Å². The maximum absolute atomic E-state index is 12.9. The molecule has 0 unspecified atom stereocenters. The average molecular weight is 408 g/mol. The lowest BCUT2D eigenvalue weighted by Gasteiger charge is -2.16. The van der Waals surface area contributed by atoms with Crippen molar-refractivity contribution in [3.05, 3.63) is 54.2 Å². The van der Waals surface area contributed by atoms with Gasteiger partial charge in [0.2, 0.25) is 11.8 Å². The number of nitrogens with zero attached hydrogens (tertiary/aromatic N) is 1. The summed E-state index contributed by atoms with van der Waals surface area (Å²) in [7, 11) is 1.58. The topological polar surface area (TPSA) is 96.1 Å². The summed E-state index contributed by atoms with van der Waals surface area (Å²) in [6, 6.07) is 12.8. The third-order valence-electron chi connectivity index (χ3n) is 4.62. The molecular weight excluding hydrogens is 388 g/mol. The molecule has 2 aromatic heterocycles. The molecule has 0 radical (unpaired) electrons. The summed E-state index contributed by atoms with van der Waals surface area (Å²) < 4.78 is 6.24. The summed E-state index contributed by atoms with van der Waals surface area (Å²) in [5, 5.41) is 7.07. The molecule has 4 rings (SSSR count). The number of ether oxygens (including phenoxy) is 1. The number of hydrogen-bond acceptors (Lipinski definition) is 5. The molecule has 0 saturated heterocycles. The number of aromatic nitrogens is 2. The van der Waals surface area contributed by atoms with E-state index >= 15 is 0 Å². The standard InChI is InChI=1S/C21H20N4O3S/c1-12(26)23-16(10-13-11-22-15-7-4-3-6-14(13)15)20(27)25-21-24-19-17(28-2)8-5-9-18(19)29-21/h3-9,11,16,22H,10H2,1-2H3,(H,23,26)(H,24,25,27)/t16-/m0/s1. The highest BCUT2D eigenvalue weighted by atomic mass is 32.1. The summed E-state index contributed by atoms with van der Waals surface area (Å²) in [4.78, 5) is 32.3. The van der Waals surface area contributed by atoms with Crippen LogP contribution in [0.2, 0.25) is 0 Å². The lowest BCUT2D eigenvalue weighted by molar-refractivity contribution is -0.125. The van der Waals surface area contributed by atoms with Crippen molar-refractivity contribution in [3.8, 4) is 5.75 Å². The predicted octanol–water partition coefficient (Wildman–Crippen LogP) is 3.47. The molecule has 7 nitrogen and oxygen atoms in total. The zero-order valence-corrected chi connectivity index (χ0v) is 16.8. The van der Waals surface area contributed by atoms with Crippen LogP contribution in [0.3, 0.4) is 0 Å². The number of benzene rings is 2. The van der Waals surface area contributed by atoms with E-state index in [1.807, 2.05) is 48.7 Å². The van der Waals surface area contributed by atoms with Gasteiger partial charge >= 0.3 is 0 Å². The van der Waals surface area contributed by atoms with Gasteiger partial charge in [-0.05, 0) is 23.8 Å². The summed E-state index contributed by atoms with van der Waals surface area (Å²) in [5.74, 6) is 0.0657. The van der Waals surface area contributed by atoms with Crippen molar-refractivity contribution >= 4 is 49.4 Å². The number of hydrogen-bond donors (Lipinski definition) is 3. The molecule has 2 heterocycles. The molecule has 2 amide bonds. The monoisotopic (exact) mass is 408 g/mol. The molecule has 0 aliphatic heterocycles. The molecule has 0 aliphatic rings. The fourth-order valence-electron chi connectivity index (χ4n) is 3.31. The first-order chi connectivity index (χ1) is 14.0. The molecular formula is C21H20N4O3S. The van der Waals surface area contributed by atoms with Crippen LogP contribution in [0.4, 0.5) is 5.13 Å². The van der Waals surface area contributed by atoms with Gasteiger partial charge in [-0.25, -0.2) is 4.98 Å². The van der Waals surface area contributed by atoms with E-state index in [9.17, 15) is 9.59 Å². The second-order valence-corrected chi connectivity index (χ2v) is 7.66. The number of para-hydroxylation sites is 2. The van der Waals surface area contributed by atoms with Gasteiger partial charge in [0, 0.05) is 30.4 Å². The Kier molecular flexibility index (Phi) is 5.18. The summed E-state index contributed by atoms with van der Waals surface area (Å²) in [6.07, 6.45) is 2.24. The second-order valence-electron chi connectivity index (χ2n) is 6.63.